The second-order valence-corrected chi connectivity index (χ2v) is 4.25. The largest absolute Gasteiger partial charge is 0.445 e. The Kier molecular flexibility index (Phi) is 2.59. The third kappa shape index (κ3) is 3.45. The smallest absolute Gasteiger partial charge is 0.191 e. The molecule has 1 aromatic rings. The summed E-state index contributed by atoms with van der Waals surface area (Å²) in [5.74, 6) is 0. The minimum Gasteiger partial charge on any atom is -0.191 e. The van der Waals surface area contributed by atoms with Gasteiger partial charge < -0.3 is 0 Å². The number of hydrogen-bond acceptors (Lipinski definition) is 0. The highest BCUT2D eigenvalue weighted by atomic mass is 27.1. The van der Waals surface area contributed by atoms with Crippen LogP contribution in [0.2, 0.25) is 0 Å². The van der Waals surface area contributed by atoms with Crippen LogP contribution in [0.25, 0.3) is 0 Å². The summed E-state index contributed by atoms with van der Waals surface area (Å²) in [5.41, 5.74) is 0. The van der Waals surface area contributed by atoms with Crippen molar-refractivity contribution in [1.29, 1.82) is 0 Å². The molecule has 4 heteroatoms. The second-order valence-electron chi connectivity index (χ2n) is 2.28. The average Bonchev–Trinajstić information content (AvgIpc) is 1.85. The van der Waals surface area contributed by atoms with Gasteiger partial charge in [-0.25, -0.2) is 0 Å². The summed E-state index contributed by atoms with van der Waals surface area (Å²) in [4.78, 5) is 0. The molecule has 1 aromatic carbocycles. The molecule has 0 unspecified atom stereocenters. The molecule has 0 nitrogen and oxygen atoms in total. The van der Waals surface area contributed by atoms with E-state index in [0.29, 0.717) is 4.43 Å². The Morgan fingerprint density at radius 3 is 2.00 bits per heavy atom. The summed E-state index contributed by atoms with van der Waals surface area (Å²) in [5, 5.41) is -3.96. The molecule has 0 aliphatic heterocycles. The topological polar surface area (TPSA) is 0 Å². The minimum atomic E-state index is -3.96. The first-order valence-corrected chi connectivity index (χ1v) is 4.60. The Bertz CT molecular complexity index is 217. The Labute approximate surface area is 68.7 Å². The molecule has 0 atom stereocenters. The van der Waals surface area contributed by atoms with Crippen molar-refractivity contribution in [3.63, 3.8) is 0 Å². The molecule has 0 amide bonds. The highest BCUT2D eigenvalue weighted by Gasteiger charge is 2.30. The lowest BCUT2D eigenvalue weighted by Crippen LogP contribution is -2.29. The molecule has 0 aliphatic rings. The van der Waals surface area contributed by atoms with Crippen molar-refractivity contribution in [2.24, 2.45) is 0 Å². The third-order valence-corrected chi connectivity index (χ3v) is 2.53. The lowest BCUT2D eigenvalue weighted by Gasteiger charge is -2.02. The van der Waals surface area contributed by atoms with Gasteiger partial charge >= 0.3 is 20.3 Å². The molecular weight excluding hydrogens is 168 g/mol. The summed E-state index contributed by atoms with van der Waals surface area (Å²) < 4.78 is 35.9. The normalized spacial score (nSPS) is 11.2. The second kappa shape index (κ2) is 3.29. The number of rotatable bonds is 1. The number of hydrogen-bond donors (Lipinski definition) is 0. The molecule has 0 fully saturated rings. The molecule has 0 saturated carbocycles. The fourth-order valence-electron chi connectivity index (χ4n) is 0.827. The first kappa shape index (κ1) is 8.64. The maximum Gasteiger partial charge on any atom is 0.445 e. The monoisotopic (exact) mass is 174 g/mol. The van der Waals surface area contributed by atoms with E-state index >= 15 is 0 Å². The van der Waals surface area contributed by atoms with Gasteiger partial charge in [0, 0.05) is 0 Å². The van der Waals surface area contributed by atoms with Gasteiger partial charge in [0.25, 0.3) is 0 Å². The standard InChI is InChI=1S/C6H5.CF3.Al.H/c1-2-4-6-5-3-1;2-1(3)4;;/h1-5H;;;. The van der Waals surface area contributed by atoms with E-state index in [2.05, 4.69) is 0 Å². The van der Waals surface area contributed by atoms with Crippen LogP contribution < -0.4 is 4.43 Å². The van der Waals surface area contributed by atoms with Gasteiger partial charge in [-0.3, -0.25) is 0 Å². The van der Waals surface area contributed by atoms with Crippen LogP contribution in [-0.2, 0) is 0 Å². The molecule has 0 bridgehead atoms. The van der Waals surface area contributed by atoms with Gasteiger partial charge in [0.05, 0.1) is 0 Å². The zero-order chi connectivity index (χ0) is 8.32. The fraction of sp³-hybridized carbons (Fsp3) is 0.143. The zero-order valence-corrected chi connectivity index (χ0v) is 7.14. The molecule has 0 spiro atoms. The van der Waals surface area contributed by atoms with Gasteiger partial charge in [-0.15, -0.1) is 4.43 Å². The molecule has 0 N–H and O–H groups in total. The molecule has 0 heterocycles. The zero-order valence-electron chi connectivity index (χ0n) is 5.73. The SMILES string of the molecule is F[C](F)(F)[AlH][c]1ccccc1. The van der Waals surface area contributed by atoms with Crippen LogP contribution in [0.1, 0.15) is 0 Å². The van der Waals surface area contributed by atoms with Gasteiger partial charge in [-0.2, -0.15) is 13.2 Å². The van der Waals surface area contributed by atoms with Gasteiger partial charge in [-0.1, -0.05) is 30.3 Å². The fourth-order valence-corrected chi connectivity index (χ4v) is 1.80. The van der Waals surface area contributed by atoms with Gasteiger partial charge in [0.1, 0.15) is 0 Å². The molecule has 0 radical (unpaired) electrons. The van der Waals surface area contributed by atoms with Crippen molar-refractivity contribution in [3.8, 4) is 0 Å². The van der Waals surface area contributed by atoms with E-state index < -0.39 is 20.3 Å². The van der Waals surface area contributed by atoms with Gasteiger partial charge in [0.2, 0.25) is 0 Å². The van der Waals surface area contributed by atoms with Crippen LogP contribution >= 0.6 is 0 Å². The number of benzene rings is 1. The van der Waals surface area contributed by atoms with Crippen LogP contribution in [0.15, 0.2) is 30.3 Å². The Morgan fingerprint density at radius 1 is 1.00 bits per heavy atom. The summed E-state index contributed by atoms with van der Waals surface area (Å²) >= 11 is -2.07. The Hall–Kier alpha value is -0.458. The summed E-state index contributed by atoms with van der Waals surface area (Å²) in [6.45, 7) is 0. The van der Waals surface area contributed by atoms with Crippen LogP contribution in [0.4, 0.5) is 13.2 Å². The van der Waals surface area contributed by atoms with E-state index in [1.807, 2.05) is 0 Å². The van der Waals surface area contributed by atoms with E-state index in [-0.39, 0.29) is 0 Å². The Morgan fingerprint density at radius 2 is 1.55 bits per heavy atom. The lowest BCUT2D eigenvalue weighted by molar-refractivity contribution is -0.0455. The highest BCUT2D eigenvalue weighted by molar-refractivity contribution is 6.55. The first-order valence-electron chi connectivity index (χ1n) is 3.18. The summed E-state index contributed by atoms with van der Waals surface area (Å²) in [6.07, 6.45) is 0. The van der Waals surface area contributed by atoms with Crippen molar-refractivity contribution >= 4 is 19.6 Å². The van der Waals surface area contributed by atoms with Crippen molar-refractivity contribution < 1.29 is 13.2 Å². The van der Waals surface area contributed by atoms with Crippen molar-refractivity contribution in [1.82, 2.24) is 0 Å². The number of halogens is 3. The minimum absolute atomic E-state index is 0.444. The quantitative estimate of drug-likeness (QED) is 0.562. The van der Waals surface area contributed by atoms with E-state index in [9.17, 15) is 13.2 Å². The predicted molar refractivity (Wildman–Crippen MR) is 39.3 cm³/mol. The lowest BCUT2D eigenvalue weighted by atomic mass is 10.4. The van der Waals surface area contributed by atoms with Gasteiger partial charge in [0.15, 0.2) is 0 Å². The van der Waals surface area contributed by atoms with Crippen LogP contribution in [0, 0.1) is 0 Å². The molecule has 0 saturated heterocycles. The molecule has 0 aliphatic carbocycles. The average molecular weight is 174 g/mol. The maximum absolute atomic E-state index is 11.8. The van der Waals surface area contributed by atoms with Crippen LogP contribution in [-0.4, -0.2) is 20.3 Å². The molecule has 58 valence electrons. The summed E-state index contributed by atoms with van der Waals surface area (Å²) in [6, 6.07) is 8.04. The van der Waals surface area contributed by atoms with E-state index in [1.54, 1.807) is 18.2 Å². The molecule has 0 aromatic heterocycles. The predicted octanol–water partition coefficient (Wildman–Crippen LogP) is 1.27. The van der Waals surface area contributed by atoms with E-state index in [1.165, 1.54) is 12.1 Å². The van der Waals surface area contributed by atoms with Crippen LogP contribution in [0.5, 0.6) is 0 Å². The van der Waals surface area contributed by atoms with Crippen LogP contribution in [0.3, 0.4) is 0 Å². The summed E-state index contributed by atoms with van der Waals surface area (Å²) in [7, 11) is 0. The van der Waals surface area contributed by atoms with E-state index in [4.69, 9.17) is 0 Å². The first-order chi connectivity index (χ1) is 5.08. The van der Waals surface area contributed by atoms with Crippen molar-refractivity contribution in [3.05, 3.63) is 30.3 Å². The van der Waals surface area contributed by atoms with Crippen molar-refractivity contribution in [2.75, 3.05) is 0 Å². The number of alkyl halides is 3. The molecule has 11 heavy (non-hydrogen) atoms. The highest BCUT2D eigenvalue weighted by Crippen LogP contribution is 2.11. The maximum atomic E-state index is 11.8. The third-order valence-electron chi connectivity index (χ3n) is 1.25. The Balaban J connectivity index is 2.66. The van der Waals surface area contributed by atoms with Gasteiger partial charge in [-0.05, 0) is 0 Å². The van der Waals surface area contributed by atoms with Crippen molar-refractivity contribution in [2.45, 2.75) is 5.04 Å². The molecular formula is C7H6AlF3. The van der Waals surface area contributed by atoms with E-state index in [0.717, 1.165) is 0 Å². The molecule has 1 rings (SSSR count).